The molecule has 0 unspecified atom stereocenters. The molecule has 22 heavy (non-hydrogen) atoms. The van der Waals surface area contributed by atoms with Crippen LogP contribution >= 0.6 is 0 Å². The van der Waals surface area contributed by atoms with Gasteiger partial charge in [-0.05, 0) is 37.1 Å². The van der Waals surface area contributed by atoms with E-state index in [0.717, 1.165) is 25.9 Å². The number of carbonyl (C=O) groups excluding carboxylic acids is 1. The van der Waals surface area contributed by atoms with E-state index in [0.29, 0.717) is 24.3 Å². The molecule has 0 heterocycles. The molecule has 1 rings (SSSR count). The van der Waals surface area contributed by atoms with Crippen molar-refractivity contribution >= 4 is 5.78 Å². The predicted molar refractivity (Wildman–Crippen MR) is 88.7 cm³/mol. The van der Waals surface area contributed by atoms with E-state index in [1.165, 1.54) is 4.90 Å². The van der Waals surface area contributed by atoms with Gasteiger partial charge in [-0.25, -0.2) is 0 Å². The lowest BCUT2D eigenvalue weighted by Crippen LogP contribution is -3.13. The van der Waals surface area contributed by atoms with Crippen LogP contribution in [-0.4, -0.2) is 43.2 Å². The fraction of sp³-hybridized carbons (Fsp3) is 0.611. The molecule has 0 radical (unpaired) electrons. The smallest absolute Gasteiger partial charge is 0.162 e. The summed E-state index contributed by atoms with van der Waals surface area (Å²) in [6.07, 6.45) is 2.28. The van der Waals surface area contributed by atoms with Crippen LogP contribution in [0.2, 0.25) is 0 Å². The molecule has 1 aromatic carbocycles. The van der Waals surface area contributed by atoms with E-state index in [1.54, 1.807) is 24.3 Å². The van der Waals surface area contributed by atoms with Crippen LogP contribution in [0, 0.1) is 0 Å². The Labute approximate surface area is 134 Å². The molecule has 0 saturated heterocycles. The average molecular weight is 308 g/mol. The largest absolute Gasteiger partial charge is 0.491 e. The Bertz CT molecular complexity index is 424. The zero-order valence-corrected chi connectivity index (χ0v) is 14.1. The van der Waals surface area contributed by atoms with Gasteiger partial charge in [0.1, 0.15) is 25.0 Å². The zero-order chi connectivity index (χ0) is 16.4. The van der Waals surface area contributed by atoms with Crippen molar-refractivity contribution in [2.75, 3.05) is 26.2 Å². The minimum Gasteiger partial charge on any atom is -0.491 e. The molecule has 0 spiro atoms. The van der Waals surface area contributed by atoms with Crippen LogP contribution in [0.5, 0.6) is 5.75 Å². The molecule has 0 amide bonds. The summed E-state index contributed by atoms with van der Waals surface area (Å²) in [6.45, 7) is 9.35. The molecular formula is C18H30NO3+. The molecule has 4 heteroatoms. The molecule has 0 aromatic heterocycles. The molecule has 1 aromatic rings. The van der Waals surface area contributed by atoms with Crippen LogP contribution in [0.25, 0.3) is 0 Å². The minimum absolute atomic E-state index is 0.130. The number of rotatable bonds is 11. The summed E-state index contributed by atoms with van der Waals surface area (Å²) >= 11 is 0. The predicted octanol–water partition coefficient (Wildman–Crippen LogP) is 1.72. The fourth-order valence-electron chi connectivity index (χ4n) is 2.56. The van der Waals surface area contributed by atoms with Gasteiger partial charge >= 0.3 is 0 Å². The first-order valence-corrected chi connectivity index (χ1v) is 8.38. The van der Waals surface area contributed by atoms with Crippen molar-refractivity contribution < 1.29 is 19.5 Å². The highest BCUT2D eigenvalue weighted by molar-refractivity contribution is 5.95. The number of aliphatic hydroxyl groups excluding tert-OH is 1. The van der Waals surface area contributed by atoms with Gasteiger partial charge in [-0.2, -0.15) is 0 Å². The summed E-state index contributed by atoms with van der Waals surface area (Å²) in [6, 6.07) is 7.13. The molecule has 0 saturated carbocycles. The Hall–Kier alpha value is -1.39. The van der Waals surface area contributed by atoms with Gasteiger partial charge in [-0.1, -0.05) is 20.8 Å². The Morgan fingerprint density at radius 2 is 1.73 bits per heavy atom. The summed E-state index contributed by atoms with van der Waals surface area (Å²) in [5.74, 6) is 0.823. The number of hydrogen-bond acceptors (Lipinski definition) is 3. The Balaban J connectivity index is 2.42. The highest BCUT2D eigenvalue weighted by Gasteiger charge is 2.14. The van der Waals surface area contributed by atoms with Crippen LogP contribution in [-0.2, 0) is 0 Å². The number of carbonyl (C=O) groups is 1. The Kier molecular flexibility index (Phi) is 8.78. The number of ether oxygens (including phenoxy) is 1. The standard InChI is InChI=1S/C18H29NO3/c1-4-11-19(12-5-2)13-16(20)14-22-17-9-7-15(8-10-17)18(21)6-3/h7-10,16,20H,4-6,11-14H2,1-3H3/p+1/t16-/m1/s1. The van der Waals surface area contributed by atoms with Crippen LogP contribution in [0.15, 0.2) is 24.3 Å². The number of nitrogens with one attached hydrogen (secondary N) is 1. The minimum atomic E-state index is -0.468. The van der Waals surface area contributed by atoms with Gasteiger partial charge < -0.3 is 14.7 Å². The summed E-state index contributed by atoms with van der Waals surface area (Å²) in [4.78, 5) is 13.0. The number of quaternary nitrogens is 1. The van der Waals surface area contributed by atoms with Crippen LogP contribution in [0.3, 0.4) is 0 Å². The maximum atomic E-state index is 11.6. The van der Waals surface area contributed by atoms with Gasteiger partial charge in [0.15, 0.2) is 5.78 Å². The van der Waals surface area contributed by atoms with Gasteiger partial charge in [0.05, 0.1) is 13.1 Å². The molecule has 1 atom stereocenters. The van der Waals surface area contributed by atoms with Crippen LogP contribution < -0.4 is 9.64 Å². The number of benzene rings is 1. The van der Waals surface area contributed by atoms with E-state index in [2.05, 4.69) is 13.8 Å². The van der Waals surface area contributed by atoms with Crippen LogP contribution in [0.1, 0.15) is 50.4 Å². The number of hydrogen-bond donors (Lipinski definition) is 2. The second kappa shape index (κ2) is 10.4. The lowest BCUT2D eigenvalue weighted by atomic mass is 10.1. The highest BCUT2D eigenvalue weighted by atomic mass is 16.5. The molecule has 4 nitrogen and oxygen atoms in total. The molecule has 124 valence electrons. The van der Waals surface area contributed by atoms with E-state index in [-0.39, 0.29) is 12.4 Å². The van der Waals surface area contributed by atoms with E-state index in [9.17, 15) is 9.90 Å². The molecule has 0 aliphatic rings. The van der Waals surface area contributed by atoms with E-state index in [1.807, 2.05) is 6.92 Å². The van der Waals surface area contributed by atoms with Crippen molar-refractivity contribution in [2.45, 2.75) is 46.1 Å². The van der Waals surface area contributed by atoms with Gasteiger partial charge in [0.2, 0.25) is 0 Å². The summed E-state index contributed by atoms with van der Waals surface area (Å²) in [7, 11) is 0. The maximum absolute atomic E-state index is 11.6. The monoisotopic (exact) mass is 308 g/mol. The average Bonchev–Trinajstić information content (AvgIpc) is 2.53. The SMILES string of the molecule is CCC[NH+](CCC)C[C@@H](O)COc1ccc(C(=O)CC)cc1. The molecule has 0 bridgehead atoms. The van der Waals surface area contributed by atoms with Crippen LogP contribution in [0.4, 0.5) is 0 Å². The molecule has 2 N–H and O–H groups in total. The number of aliphatic hydroxyl groups is 1. The first-order chi connectivity index (χ1) is 10.6. The normalized spacial score (nSPS) is 12.4. The van der Waals surface area contributed by atoms with Gasteiger partial charge in [-0.15, -0.1) is 0 Å². The number of Topliss-reactive ketones (excluding diaryl/α,β-unsaturated/α-hetero) is 1. The molecule has 0 aliphatic heterocycles. The molecular weight excluding hydrogens is 278 g/mol. The Morgan fingerprint density at radius 1 is 1.14 bits per heavy atom. The fourth-order valence-corrected chi connectivity index (χ4v) is 2.56. The van der Waals surface area contributed by atoms with Gasteiger partial charge in [-0.3, -0.25) is 4.79 Å². The first-order valence-electron chi connectivity index (χ1n) is 8.38. The summed E-state index contributed by atoms with van der Waals surface area (Å²) in [5.41, 5.74) is 0.705. The van der Waals surface area contributed by atoms with Crippen molar-refractivity contribution in [3.05, 3.63) is 29.8 Å². The van der Waals surface area contributed by atoms with Crippen molar-refractivity contribution in [3.8, 4) is 5.75 Å². The topological polar surface area (TPSA) is 51.0 Å². The van der Waals surface area contributed by atoms with E-state index in [4.69, 9.17) is 4.74 Å². The Morgan fingerprint density at radius 3 is 2.23 bits per heavy atom. The van der Waals surface area contributed by atoms with Crippen molar-refractivity contribution in [1.29, 1.82) is 0 Å². The maximum Gasteiger partial charge on any atom is 0.162 e. The van der Waals surface area contributed by atoms with Crippen molar-refractivity contribution in [2.24, 2.45) is 0 Å². The van der Waals surface area contributed by atoms with Gasteiger partial charge in [0.25, 0.3) is 0 Å². The third kappa shape index (κ3) is 6.58. The zero-order valence-electron chi connectivity index (χ0n) is 14.1. The lowest BCUT2D eigenvalue weighted by molar-refractivity contribution is -0.903. The van der Waals surface area contributed by atoms with Crippen molar-refractivity contribution in [1.82, 2.24) is 0 Å². The van der Waals surface area contributed by atoms with E-state index >= 15 is 0 Å². The second-order valence-corrected chi connectivity index (χ2v) is 5.72. The first kappa shape index (κ1) is 18.7. The quantitative estimate of drug-likeness (QED) is 0.612. The highest BCUT2D eigenvalue weighted by Crippen LogP contribution is 2.13. The van der Waals surface area contributed by atoms with Gasteiger partial charge in [0, 0.05) is 12.0 Å². The third-order valence-corrected chi connectivity index (χ3v) is 3.67. The molecule has 0 aliphatic carbocycles. The van der Waals surface area contributed by atoms with Crippen molar-refractivity contribution in [3.63, 3.8) is 0 Å². The number of ketones is 1. The van der Waals surface area contributed by atoms with E-state index < -0.39 is 6.10 Å². The lowest BCUT2D eigenvalue weighted by Gasteiger charge is -2.21. The molecule has 0 fully saturated rings. The second-order valence-electron chi connectivity index (χ2n) is 5.72. The summed E-state index contributed by atoms with van der Waals surface area (Å²) < 4.78 is 5.62. The third-order valence-electron chi connectivity index (χ3n) is 3.67. The summed E-state index contributed by atoms with van der Waals surface area (Å²) in [5, 5.41) is 10.1.